The summed E-state index contributed by atoms with van der Waals surface area (Å²) in [6, 6.07) is -0.203. The van der Waals surface area contributed by atoms with Gasteiger partial charge in [-0.3, -0.25) is 4.79 Å². The van der Waals surface area contributed by atoms with Gasteiger partial charge in [0.15, 0.2) is 0 Å². The summed E-state index contributed by atoms with van der Waals surface area (Å²) in [7, 11) is 1.73. The SMILES string of the molecule is CC(C)CCN(C)C(=O)NCC(CC(C)(C)C)C(=O)O. The fourth-order valence-electron chi connectivity index (χ4n) is 1.88. The van der Waals surface area contributed by atoms with Crippen LogP contribution in [0.4, 0.5) is 4.79 Å². The number of hydrogen-bond donors (Lipinski definition) is 2. The largest absolute Gasteiger partial charge is 0.481 e. The Kier molecular flexibility index (Phi) is 7.61. The Morgan fingerprint density at radius 3 is 2.20 bits per heavy atom. The summed E-state index contributed by atoms with van der Waals surface area (Å²) in [4.78, 5) is 24.7. The monoisotopic (exact) mass is 286 g/mol. The van der Waals surface area contributed by atoms with Gasteiger partial charge in [-0.15, -0.1) is 0 Å². The maximum Gasteiger partial charge on any atom is 0.317 e. The molecule has 0 aromatic carbocycles. The molecule has 0 heterocycles. The van der Waals surface area contributed by atoms with Crippen molar-refractivity contribution >= 4 is 12.0 Å². The molecule has 2 N–H and O–H groups in total. The van der Waals surface area contributed by atoms with E-state index in [1.54, 1.807) is 11.9 Å². The van der Waals surface area contributed by atoms with Crippen LogP contribution in [-0.4, -0.2) is 42.1 Å². The molecule has 0 aromatic heterocycles. The van der Waals surface area contributed by atoms with Crippen LogP contribution >= 0.6 is 0 Å². The molecule has 5 nitrogen and oxygen atoms in total. The van der Waals surface area contributed by atoms with Crippen molar-refractivity contribution in [2.24, 2.45) is 17.3 Å². The summed E-state index contributed by atoms with van der Waals surface area (Å²) >= 11 is 0. The van der Waals surface area contributed by atoms with Crippen LogP contribution in [0, 0.1) is 17.3 Å². The van der Waals surface area contributed by atoms with E-state index < -0.39 is 11.9 Å². The van der Waals surface area contributed by atoms with Crippen LogP contribution in [0.1, 0.15) is 47.5 Å². The van der Waals surface area contributed by atoms with Gasteiger partial charge in [-0.2, -0.15) is 0 Å². The summed E-state index contributed by atoms with van der Waals surface area (Å²) < 4.78 is 0. The first-order valence-corrected chi connectivity index (χ1v) is 7.24. The third kappa shape index (κ3) is 8.77. The van der Waals surface area contributed by atoms with Crippen molar-refractivity contribution in [3.8, 4) is 0 Å². The van der Waals surface area contributed by atoms with Crippen LogP contribution in [0.15, 0.2) is 0 Å². The van der Waals surface area contributed by atoms with Crippen LogP contribution < -0.4 is 5.32 Å². The van der Waals surface area contributed by atoms with E-state index in [1.165, 1.54) is 0 Å². The zero-order valence-corrected chi connectivity index (χ0v) is 13.7. The minimum absolute atomic E-state index is 0.0721. The number of carbonyl (C=O) groups is 2. The summed E-state index contributed by atoms with van der Waals surface area (Å²) in [5.74, 6) is -0.861. The van der Waals surface area contributed by atoms with E-state index in [1.807, 2.05) is 20.8 Å². The van der Waals surface area contributed by atoms with E-state index in [4.69, 9.17) is 0 Å². The lowest BCUT2D eigenvalue weighted by molar-refractivity contribution is -0.142. The average molecular weight is 286 g/mol. The van der Waals surface area contributed by atoms with Crippen LogP contribution in [0.5, 0.6) is 0 Å². The fourth-order valence-corrected chi connectivity index (χ4v) is 1.88. The number of carboxylic acids is 1. The van der Waals surface area contributed by atoms with Gasteiger partial charge < -0.3 is 15.3 Å². The molecule has 2 amide bonds. The minimum Gasteiger partial charge on any atom is -0.481 e. The number of urea groups is 1. The normalized spacial score (nSPS) is 13.2. The average Bonchev–Trinajstić information content (AvgIpc) is 2.29. The molecule has 0 spiro atoms. The highest BCUT2D eigenvalue weighted by Gasteiger charge is 2.25. The summed E-state index contributed by atoms with van der Waals surface area (Å²) in [6.45, 7) is 11.1. The van der Waals surface area contributed by atoms with Gasteiger partial charge in [0.2, 0.25) is 0 Å². The van der Waals surface area contributed by atoms with Crippen molar-refractivity contribution in [2.75, 3.05) is 20.1 Å². The Labute approximate surface area is 122 Å². The predicted octanol–water partition coefficient (Wildman–Crippen LogP) is 2.81. The van der Waals surface area contributed by atoms with Crippen molar-refractivity contribution in [2.45, 2.75) is 47.5 Å². The van der Waals surface area contributed by atoms with E-state index in [0.29, 0.717) is 18.9 Å². The molecule has 0 bridgehead atoms. The van der Waals surface area contributed by atoms with Gasteiger partial charge in [0.1, 0.15) is 0 Å². The highest BCUT2D eigenvalue weighted by atomic mass is 16.4. The first kappa shape index (κ1) is 18.7. The third-order valence-electron chi connectivity index (χ3n) is 3.10. The van der Waals surface area contributed by atoms with Crippen LogP contribution in [-0.2, 0) is 4.79 Å². The van der Waals surface area contributed by atoms with Gasteiger partial charge in [-0.25, -0.2) is 4.79 Å². The van der Waals surface area contributed by atoms with Gasteiger partial charge >= 0.3 is 12.0 Å². The standard InChI is InChI=1S/C15H30N2O3/c1-11(2)7-8-17(6)14(20)16-10-12(13(18)19)9-15(3,4)5/h11-12H,7-10H2,1-6H3,(H,16,20)(H,18,19). The Balaban J connectivity index is 4.27. The second kappa shape index (κ2) is 8.12. The van der Waals surface area contributed by atoms with Crippen molar-refractivity contribution in [3.05, 3.63) is 0 Å². The lowest BCUT2D eigenvalue weighted by Gasteiger charge is -2.25. The highest BCUT2D eigenvalue weighted by Crippen LogP contribution is 2.24. The molecule has 0 rings (SSSR count). The molecular formula is C15H30N2O3. The van der Waals surface area contributed by atoms with Crippen LogP contribution in [0.25, 0.3) is 0 Å². The molecule has 0 fully saturated rings. The highest BCUT2D eigenvalue weighted by molar-refractivity contribution is 5.75. The van der Waals surface area contributed by atoms with Crippen LogP contribution in [0.3, 0.4) is 0 Å². The van der Waals surface area contributed by atoms with Gasteiger partial charge in [0.05, 0.1) is 5.92 Å². The van der Waals surface area contributed by atoms with Crippen molar-refractivity contribution in [1.29, 1.82) is 0 Å². The second-order valence-corrected chi connectivity index (χ2v) is 7.09. The Hall–Kier alpha value is -1.26. The molecule has 0 aliphatic heterocycles. The number of amides is 2. The van der Waals surface area contributed by atoms with E-state index in [2.05, 4.69) is 19.2 Å². The first-order chi connectivity index (χ1) is 9.03. The summed E-state index contributed by atoms with van der Waals surface area (Å²) in [5, 5.41) is 11.9. The summed E-state index contributed by atoms with van der Waals surface area (Å²) in [5.41, 5.74) is -0.0721. The van der Waals surface area contributed by atoms with E-state index in [-0.39, 0.29) is 18.0 Å². The van der Waals surface area contributed by atoms with Crippen molar-refractivity contribution in [3.63, 3.8) is 0 Å². The number of carbonyl (C=O) groups excluding carboxylic acids is 1. The maximum absolute atomic E-state index is 11.9. The molecule has 0 saturated carbocycles. The zero-order chi connectivity index (χ0) is 15.9. The molecule has 0 aliphatic rings. The Bertz CT molecular complexity index is 322. The number of aliphatic carboxylic acids is 1. The topological polar surface area (TPSA) is 69.6 Å². The molecule has 5 heteroatoms. The lowest BCUT2D eigenvalue weighted by atomic mass is 9.84. The predicted molar refractivity (Wildman–Crippen MR) is 80.7 cm³/mol. The second-order valence-electron chi connectivity index (χ2n) is 7.09. The number of rotatable bonds is 7. The van der Waals surface area contributed by atoms with Crippen LogP contribution in [0.2, 0.25) is 0 Å². The van der Waals surface area contributed by atoms with Crippen molar-refractivity contribution in [1.82, 2.24) is 10.2 Å². The third-order valence-corrected chi connectivity index (χ3v) is 3.10. The number of nitrogens with zero attached hydrogens (tertiary/aromatic N) is 1. The van der Waals surface area contributed by atoms with Gasteiger partial charge in [-0.1, -0.05) is 34.6 Å². The summed E-state index contributed by atoms with van der Waals surface area (Å²) in [6.07, 6.45) is 1.48. The number of nitrogens with one attached hydrogen (secondary N) is 1. The molecule has 0 aliphatic carbocycles. The Morgan fingerprint density at radius 2 is 1.80 bits per heavy atom. The molecule has 118 valence electrons. The lowest BCUT2D eigenvalue weighted by Crippen LogP contribution is -2.42. The minimum atomic E-state index is -0.856. The molecule has 1 atom stereocenters. The smallest absolute Gasteiger partial charge is 0.317 e. The molecule has 0 aromatic rings. The van der Waals surface area contributed by atoms with Gasteiger partial charge in [-0.05, 0) is 24.2 Å². The van der Waals surface area contributed by atoms with Gasteiger partial charge in [0, 0.05) is 20.1 Å². The van der Waals surface area contributed by atoms with Crippen molar-refractivity contribution < 1.29 is 14.7 Å². The maximum atomic E-state index is 11.9. The first-order valence-electron chi connectivity index (χ1n) is 7.24. The molecular weight excluding hydrogens is 256 g/mol. The van der Waals surface area contributed by atoms with E-state index in [0.717, 1.165) is 6.42 Å². The zero-order valence-electron chi connectivity index (χ0n) is 13.7. The molecule has 1 unspecified atom stereocenters. The van der Waals surface area contributed by atoms with E-state index in [9.17, 15) is 14.7 Å². The molecule has 0 radical (unpaired) electrons. The van der Waals surface area contributed by atoms with Gasteiger partial charge in [0.25, 0.3) is 0 Å². The quantitative estimate of drug-likeness (QED) is 0.756. The molecule has 0 saturated heterocycles. The fraction of sp³-hybridized carbons (Fsp3) is 0.867. The molecule has 20 heavy (non-hydrogen) atoms. The van der Waals surface area contributed by atoms with E-state index >= 15 is 0 Å². The number of hydrogen-bond acceptors (Lipinski definition) is 2. The Morgan fingerprint density at radius 1 is 1.25 bits per heavy atom. The number of carboxylic acid groups (broad SMARTS) is 1.